The molecule has 0 aromatic heterocycles. The van der Waals surface area contributed by atoms with Gasteiger partial charge in [-0.2, -0.15) is 0 Å². The lowest BCUT2D eigenvalue weighted by molar-refractivity contribution is -0.134. The maximum Gasteiger partial charge on any atom is 0.300 e. The SMILES string of the molecule is Br.CC(=O)O.CCC(N)N.N.O. The van der Waals surface area contributed by atoms with Crippen LogP contribution in [0.15, 0.2) is 0 Å². The van der Waals surface area contributed by atoms with E-state index in [4.69, 9.17) is 21.4 Å². The Bertz CT molecular complexity index is 78.3. The van der Waals surface area contributed by atoms with Gasteiger partial charge in [-0.05, 0) is 6.42 Å². The van der Waals surface area contributed by atoms with Crippen molar-refractivity contribution in [2.24, 2.45) is 11.5 Å². The number of aliphatic carboxylic acids is 1. The summed E-state index contributed by atoms with van der Waals surface area (Å²) < 4.78 is 0. The van der Waals surface area contributed by atoms with Gasteiger partial charge < -0.3 is 28.2 Å². The highest BCUT2D eigenvalue weighted by Crippen LogP contribution is 1.68. The Morgan fingerprint density at radius 1 is 1.50 bits per heavy atom. The summed E-state index contributed by atoms with van der Waals surface area (Å²) in [5.41, 5.74) is 10.1. The zero-order valence-corrected chi connectivity index (χ0v) is 9.12. The van der Waals surface area contributed by atoms with Gasteiger partial charge in [0.15, 0.2) is 0 Å². The lowest BCUT2D eigenvalue weighted by Crippen LogP contribution is -2.28. The predicted octanol–water partition coefficient (Wildman–Crippen LogP) is -0.354. The molecule has 0 aliphatic rings. The molecule has 0 aliphatic heterocycles. The smallest absolute Gasteiger partial charge is 0.300 e. The Balaban J connectivity index is -0.0000000221. The lowest BCUT2D eigenvalue weighted by Gasteiger charge is -1.92. The molecular formula is C5H20BrN3O3. The van der Waals surface area contributed by atoms with Crippen molar-refractivity contribution in [2.75, 3.05) is 0 Å². The molecule has 80 valence electrons. The van der Waals surface area contributed by atoms with Crippen LogP contribution in [0.25, 0.3) is 0 Å². The van der Waals surface area contributed by atoms with Crippen LogP contribution in [-0.4, -0.2) is 22.7 Å². The third kappa shape index (κ3) is 236. The first kappa shape index (κ1) is 29.8. The molecule has 0 spiro atoms. The van der Waals surface area contributed by atoms with E-state index < -0.39 is 5.97 Å². The number of carboxylic acids is 1. The van der Waals surface area contributed by atoms with Gasteiger partial charge in [-0.25, -0.2) is 0 Å². The molecule has 0 rings (SSSR count). The molecule has 7 heteroatoms. The first-order chi connectivity index (χ1) is 4.00. The van der Waals surface area contributed by atoms with E-state index in [1.807, 2.05) is 6.92 Å². The molecule has 12 heavy (non-hydrogen) atoms. The highest BCUT2D eigenvalue weighted by atomic mass is 79.9. The van der Waals surface area contributed by atoms with Crippen LogP contribution in [0.5, 0.6) is 0 Å². The van der Waals surface area contributed by atoms with Gasteiger partial charge in [-0.1, -0.05) is 6.92 Å². The third-order valence-corrected chi connectivity index (χ3v) is 0.471. The van der Waals surface area contributed by atoms with E-state index in [-0.39, 0.29) is 34.8 Å². The van der Waals surface area contributed by atoms with Gasteiger partial charge >= 0.3 is 0 Å². The number of nitrogens with two attached hydrogens (primary N) is 2. The monoisotopic (exact) mass is 249 g/mol. The first-order valence-electron chi connectivity index (χ1n) is 2.71. The highest BCUT2D eigenvalue weighted by molar-refractivity contribution is 8.93. The van der Waals surface area contributed by atoms with Crippen LogP contribution >= 0.6 is 17.0 Å². The van der Waals surface area contributed by atoms with Gasteiger partial charge in [-0.3, -0.25) is 4.79 Å². The average molecular weight is 250 g/mol. The van der Waals surface area contributed by atoms with Crippen LogP contribution in [0.4, 0.5) is 0 Å². The summed E-state index contributed by atoms with van der Waals surface area (Å²) in [5.74, 6) is -0.833. The minimum atomic E-state index is -0.833. The molecule has 0 aromatic rings. The number of halogens is 1. The molecule has 0 fully saturated rings. The second-order valence-corrected chi connectivity index (χ2v) is 1.59. The van der Waals surface area contributed by atoms with Gasteiger partial charge in [0.05, 0.1) is 6.17 Å². The van der Waals surface area contributed by atoms with Crippen LogP contribution in [0.2, 0.25) is 0 Å². The predicted molar refractivity (Wildman–Crippen MR) is 54.7 cm³/mol. The number of rotatable bonds is 1. The van der Waals surface area contributed by atoms with Crippen molar-refractivity contribution in [1.82, 2.24) is 6.15 Å². The summed E-state index contributed by atoms with van der Waals surface area (Å²) >= 11 is 0. The quantitative estimate of drug-likeness (QED) is 0.467. The largest absolute Gasteiger partial charge is 0.481 e. The Morgan fingerprint density at radius 3 is 1.58 bits per heavy atom. The minimum Gasteiger partial charge on any atom is -0.481 e. The normalized spacial score (nSPS) is 6.08. The minimum absolute atomic E-state index is 0. The van der Waals surface area contributed by atoms with Gasteiger partial charge in [-0.15, -0.1) is 17.0 Å². The Hall–Kier alpha value is -0.210. The number of hydrogen-bond donors (Lipinski definition) is 4. The lowest BCUT2D eigenvalue weighted by atomic mass is 10.4. The summed E-state index contributed by atoms with van der Waals surface area (Å²) in [6.45, 7) is 3.03. The fourth-order valence-electron chi connectivity index (χ4n) is 0. The second-order valence-electron chi connectivity index (χ2n) is 1.59. The molecule has 10 N–H and O–H groups in total. The van der Waals surface area contributed by atoms with Crippen molar-refractivity contribution in [2.45, 2.75) is 26.4 Å². The van der Waals surface area contributed by atoms with E-state index >= 15 is 0 Å². The van der Waals surface area contributed by atoms with Crippen LogP contribution in [0.3, 0.4) is 0 Å². The van der Waals surface area contributed by atoms with E-state index in [0.717, 1.165) is 13.3 Å². The van der Waals surface area contributed by atoms with E-state index in [0.29, 0.717) is 0 Å². The summed E-state index contributed by atoms with van der Waals surface area (Å²) in [6.07, 6.45) is 0.745. The van der Waals surface area contributed by atoms with Gasteiger partial charge in [0.25, 0.3) is 5.97 Å². The molecule has 0 aliphatic carbocycles. The van der Waals surface area contributed by atoms with Crippen molar-refractivity contribution in [3.63, 3.8) is 0 Å². The van der Waals surface area contributed by atoms with Gasteiger partial charge in [0.2, 0.25) is 0 Å². The van der Waals surface area contributed by atoms with Crippen molar-refractivity contribution in [3.05, 3.63) is 0 Å². The number of carboxylic acid groups (broad SMARTS) is 1. The third-order valence-electron chi connectivity index (χ3n) is 0.471. The van der Waals surface area contributed by atoms with Crippen molar-refractivity contribution in [1.29, 1.82) is 0 Å². The maximum atomic E-state index is 9.00. The van der Waals surface area contributed by atoms with Gasteiger partial charge in [0.1, 0.15) is 0 Å². The second kappa shape index (κ2) is 22.4. The molecule has 0 saturated heterocycles. The standard InChI is InChI=1S/C3H10N2.C2H4O2.BrH.H3N.H2O/c1-2-3(4)5;1-2(3)4;;;/h3H,2,4-5H2,1H3;1H3,(H,3,4);1H;1H3;1H2. The van der Waals surface area contributed by atoms with E-state index in [9.17, 15) is 0 Å². The fourth-order valence-corrected chi connectivity index (χ4v) is 0. The van der Waals surface area contributed by atoms with E-state index in [1.165, 1.54) is 0 Å². The topological polar surface area (TPSA) is 156 Å². The average Bonchev–Trinajstić information content (AvgIpc) is 1.65. The Labute approximate surface area is 83.0 Å². The highest BCUT2D eigenvalue weighted by Gasteiger charge is 1.79. The number of hydrogen-bond acceptors (Lipinski definition) is 4. The molecule has 0 amide bonds. The van der Waals surface area contributed by atoms with Crippen LogP contribution in [0.1, 0.15) is 20.3 Å². The molecule has 0 atom stereocenters. The van der Waals surface area contributed by atoms with Crippen LogP contribution in [-0.2, 0) is 4.79 Å². The summed E-state index contributed by atoms with van der Waals surface area (Å²) in [4.78, 5) is 9.00. The Kier molecular flexibility index (Phi) is 55.7. The Morgan fingerprint density at radius 2 is 1.58 bits per heavy atom. The zero-order valence-electron chi connectivity index (χ0n) is 7.41. The molecule has 0 unspecified atom stereocenters. The van der Waals surface area contributed by atoms with Crippen LogP contribution < -0.4 is 17.6 Å². The van der Waals surface area contributed by atoms with E-state index in [1.54, 1.807) is 0 Å². The molecule has 0 bridgehead atoms. The molecule has 0 heterocycles. The maximum absolute atomic E-state index is 9.00. The molecular weight excluding hydrogens is 230 g/mol. The van der Waals surface area contributed by atoms with Crippen molar-refractivity contribution < 1.29 is 15.4 Å². The fraction of sp³-hybridized carbons (Fsp3) is 0.800. The molecule has 6 nitrogen and oxygen atoms in total. The summed E-state index contributed by atoms with van der Waals surface area (Å²) in [6, 6.07) is 0. The molecule has 0 saturated carbocycles. The van der Waals surface area contributed by atoms with Gasteiger partial charge in [0, 0.05) is 6.92 Å². The van der Waals surface area contributed by atoms with Crippen LogP contribution in [0, 0.1) is 0 Å². The van der Waals surface area contributed by atoms with Crippen molar-refractivity contribution >= 4 is 23.0 Å². The van der Waals surface area contributed by atoms with Crippen molar-refractivity contribution in [3.8, 4) is 0 Å². The summed E-state index contributed by atoms with van der Waals surface area (Å²) in [7, 11) is 0. The first-order valence-corrected chi connectivity index (χ1v) is 2.71. The van der Waals surface area contributed by atoms with E-state index in [2.05, 4.69) is 0 Å². The molecule has 0 radical (unpaired) electrons. The zero-order chi connectivity index (χ0) is 7.86. The molecule has 0 aromatic carbocycles. The summed E-state index contributed by atoms with van der Waals surface area (Å²) in [5, 5.41) is 7.42. The number of carbonyl (C=O) groups is 1.